The molecule has 1 amide bonds. The number of aromatic nitrogens is 2. The molecule has 3 aromatic carbocycles. The van der Waals surface area contributed by atoms with Crippen molar-refractivity contribution in [3.63, 3.8) is 0 Å². The molecule has 3 N–H and O–H groups in total. The number of carbonyl (C=O) groups is 1. The summed E-state index contributed by atoms with van der Waals surface area (Å²) >= 11 is 0. The van der Waals surface area contributed by atoms with Crippen molar-refractivity contribution >= 4 is 28.2 Å². The molecule has 0 bridgehead atoms. The van der Waals surface area contributed by atoms with Gasteiger partial charge in [-0.25, -0.2) is 4.79 Å². The first-order valence-electron chi connectivity index (χ1n) is 11.0. The van der Waals surface area contributed by atoms with Crippen molar-refractivity contribution in [1.29, 1.82) is 0 Å². The van der Waals surface area contributed by atoms with Crippen LogP contribution >= 0.6 is 0 Å². The second kappa shape index (κ2) is 9.18. The molecule has 0 spiro atoms. The number of nitrogens with zero attached hydrogens (tertiary/aromatic N) is 2. The molecule has 0 aliphatic heterocycles. The highest BCUT2D eigenvalue weighted by molar-refractivity contribution is 6.08. The monoisotopic (exact) mass is 466 g/mol. The summed E-state index contributed by atoms with van der Waals surface area (Å²) in [5, 5.41) is 1.86. The molecule has 35 heavy (non-hydrogen) atoms. The van der Waals surface area contributed by atoms with E-state index in [-0.39, 0.29) is 24.6 Å². The van der Waals surface area contributed by atoms with Gasteiger partial charge in [0.2, 0.25) is 0 Å². The second-order valence-electron chi connectivity index (χ2n) is 8.10. The van der Waals surface area contributed by atoms with Gasteiger partial charge in [-0.1, -0.05) is 60.7 Å². The smallest absolute Gasteiger partial charge is 0.330 e. The number of carbonyl (C=O) groups excluding carboxylic acids is 1. The molecule has 5 rings (SSSR count). The van der Waals surface area contributed by atoms with Crippen LogP contribution in [-0.2, 0) is 13.1 Å². The quantitative estimate of drug-likeness (QED) is 0.396. The minimum atomic E-state index is -0.752. The van der Waals surface area contributed by atoms with E-state index in [1.165, 1.54) is 15.7 Å². The van der Waals surface area contributed by atoms with Crippen molar-refractivity contribution in [3.05, 3.63) is 129 Å². The third-order valence-electron chi connectivity index (χ3n) is 5.80. The Labute approximate surface area is 199 Å². The summed E-state index contributed by atoms with van der Waals surface area (Å²) in [6.45, 7) is 0.0868. The maximum absolute atomic E-state index is 13.8. The van der Waals surface area contributed by atoms with Crippen LogP contribution in [0.5, 0.6) is 0 Å². The number of fused-ring (bicyclic) bond motifs is 1. The Bertz CT molecular complexity index is 1620. The van der Waals surface area contributed by atoms with Crippen molar-refractivity contribution in [2.75, 3.05) is 10.6 Å². The van der Waals surface area contributed by atoms with Crippen LogP contribution in [0.15, 0.2) is 105 Å². The van der Waals surface area contributed by atoms with Gasteiger partial charge < -0.3 is 10.2 Å². The van der Waals surface area contributed by atoms with E-state index in [1.807, 2.05) is 60.7 Å². The highest BCUT2D eigenvalue weighted by atomic mass is 16.3. The van der Waals surface area contributed by atoms with Crippen LogP contribution < -0.4 is 21.9 Å². The number of anilines is 2. The van der Waals surface area contributed by atoms with Gasteiger partial charge in [-0.15, -0.1) is 0 Å². The van der Waals surface area contributed by atoms with Gasteiger partial charge >= 0.3 is 5.69 Å². The molecule has 0 aliphatic rings. The Hall–Kier alpha value is -4.85. The molecular formula is C27H22N4O4. The van der Waals surface area contributed by atoms with E-state index in [0.717, 1.165) is 16.3 Å². The fourth-order valence-corrected chi connectivity index (χ4v) is 4.05. The third-order valence-corrected chi connectivity index (χ3v) is 5.80. The van der Waals surface area contributed by atoms with Gasteiger partial charge in [-0.2, -0.15) is 0 Å². The number of amides is 1. The minimum absolute atomic E-state index is 0.0461. The predicted octanol–water partition coefficient (Wildman–Crippen LogP) is 3.76. The minimum Gasteiger partial charge on any atom is -0.467 e. The molecule has 0 unspecified atom stereocenters. The van der Waals surface area contributed by atoms with E-state index < -0.39 is 17.2 Å². The first-order chi connectivity index (χ1) is 17.0. The van der Waals surface area contributed by atoms with E-state index in [0.29, 0.717) is 11.3 Å². The van der Waals surface area contributed by atoms with Crippen LogP contribution in [0.4, 0.5) is 11.5 Å². The molecule has 0 saturated heterocycles. The summed E-state index contributed by atoms with van der Waals surface area (Å²) in [6, 6.07) is 25.6. The molecule has 0 radical (unpaired) electrons. The van der Waals surface area contributed by atoms with E-state index in [4.69, 9.17) is 10.2 Å². The van der Waals surface area contributed by atoms with Crippen LogP contribution in [0.1, 0.15) is 21.7 Å². The van der Waals surface area contributed by atoms with Crippen LogP contribution in [0.2, 0.25) is 0 Å². The zero-order valence-electron chi connectivity index (χ0n) is 18.7. The molecule has 0 saturated carbocycles. The van der Waals surface area contributed by atoms with Gasteiger partial charge in [-0.3, -0.25) is 24.0 Å². The number of nitrogen functional groups attached to an aromatic ring is 1. The summed E-state index contributed by atoms with van der Waals surface area (Å²) in [4.78, 5) is 43.0. The number of furan rings is 1. The summed E-state index contributed by atoms with van der Waals surface area (Å²) in [5.41, 5.74) is 6.05. The van der Waals surface area contributed by atoms with Crippen molar-refractivity contribution < 1.29 is 9.21 Å². The van der Waals surface area contributed by atoms with Crippen LogP contribution in [-0.4, -0.2) is 15.5 Å². The van der Waals surface area contributed by atoms with E-state index in [2.05, 4.69) is 4.98 Å². The Morgan fingerprint density at radius 1 is 0.914 bits per heavy atom. The molecule has 174 valence electrons. The number of nitrogens with two attached hydrogens (primary N) is 1. The third kappa shape index (κ3) is 4.37. The lowest BCUT2D eigenvalue weighted by Crippen LogP contribution is -2.41. The van der Waals surface area contributed by atoms with Crippen molar-refractivity contribution in [1.82, 2.24) is 9.55 Å². The van der Waals surface area contributed by atoms with Gasteiger partial charge in [0.05, 0.1) is 19.4 Å². The maximum Gasteiger partial charge on any atom is 0.330 e. The van der Waals surface area contributed by atoms with Crippen molar-refractivity contribution in [3.8, 4) is 0 Å². The Morgan fingerprint density at radius 2 is 1.66 bits per heavy atom. The molecule has 5 aromatic rings. The SMILES string of the molecule is Nc1c(N(Cc2ccco2)C(=O)c2ccc3ccccc3c2)c(=O)[nH]c(=O)n1Cc1ccccc1. The highest BCUT2D eigenvalue weighted by Crippen LogP contribution is 2.24. The number of aromatic amines is 1. The number of benzene rings is 3. The number of nitrogens with one attached hydrogen (secondary N) is 1. The Kier molecular flexibility index (Phi) is 5.76. The molecular weight excluding hydrogens is 444 g/mol. The first kappa shape index (κ1) is 22.0. The summed E-state index contributed by atoms with van der Waals surface area (Å²) in [6.07, 6.45) is 1.48. The van der Waals surface area contributed by atoms with E-state index in [9.17, 15) is 14.4 Å². The molecule has 2 aromatic heterocycles. The zero-order chi connectivity index (χ0) is 24.4. The largest absolute Gasteiger partial charge is 0.467 e. The number of hydrogen-bond acceptors (Lipinski definition) is 5. The summed E-state index contributed by atoms with van der Waals surface area (Å²) < 4.78 is 6.70. The van der Waals surface area contributed by atoms with Gasteiger partial charge in [0.1, 0.15) is 11.6 Å². The van der Waals surface area contributed by atoms with Gasteiger partial charge in [0, 0.05) is 5.56 Å². The summed E-state index contributed by atoms with van der Waals surface area (Å²) in [5.74, 6) is -0.101. The number of H-pyrrole nitrogens is 1. The lowest BCUT2D eigenvalue weighted by Gasteiger charge is -2.24. The molecule has 2 heterocycles. The van der Waals surface area contributed by atoms with Crippen LogP contribution in [0.3, 0.4) is 0 Å². The number of rotatable bonds is 6. The van der Waals surface area contributed by atoms with E-state index in [1.54, 1.807) is 24.3 Å². The topological polar surface area (TPSA) is 114 Å². The zero-order valence-corrected chi connectivity index (χ0v) is 18.7. The molecule has 8 nitrogen and oxygen atoms in total. The predicted molar refractivity (Wildman–Crippen MR) is 134 cm³/mol. The average molecular weight is 466 g/mol. The maximum atomic E-state index is 13.8. The van der Waals surface area contributed by atoms with Crippen molar-refractivity contribution in [2.24, 2.45) is 0 Å². The fourth-order valence-electron chi connectivity index (χ4n) is 4.05. The molecule has 0 fully saturated rings. The van der Waals surface area contributed by atoms with Gasteiger partial charge in [-0.05, 0) is 40.6 Å². The summed E-state index contributed by atoms with van der Waals surface area (Å²) in [7, 11) is 0. The highest BCUT2D eigenvalue weighted by Gasteiger charge is 2.26. The molecule has 0 atom stereocenters. The normalized spacial score (nSPS) is 11.0. The van der Waals surface area contributed by atoms with Crippen molar-refractivity contribution in [2.45, 2.75) is 13.1 Å². The van der Waals surface area contributed by atoms with Crippen LogP contribution in [0, 0.1) is 0 Å². The molecule has 0 aliphatic carbocycles. The lowest BCUT2D eigenvalue weighted by molar-refractivity contribution is 0.0983. The average Bonchev–Trinajstić information content (AvgIpc) is 3.39. The Balaban J connectivity index is 1.63. The van der Waals surface area contributed by atoms with Gasteiger partial charge in [0.25, 0.3) is 11.5 Å². The van der Waals surface area contributed by atoms with Crippen LogP contribution in [0.25, 0.3) is 10.8 Å². The standard InChI is InChI=1S/C27H22N4O4/c28-24-23(25(32)29-27(34)31(24)16-18-7-2-1-3-8-18)30(17-22-11-6-14-35-22)26(33)21-13-12-19-9-4-5-10-20(19)15-21/h1-15H,16-17,28H2,(H,29,32,34). The Morgan fingerprint density at radius 3 is 2.40 bits per heavy atom. The second-order valence-corrected chi connectivity index (χ2v) is 8.10. The molecule has 8 heteroatoms. The van der Waals surface area contributed by atoms with Gasteiger partial charge in [0.15, 0.2) is 5.69 Å². The first-order valence-corrected chi connectivity index (χ1v) is 11.0. The van der Waals surface area contributed by atoms with E-state index >= 15 is 0 Å². The number of hydrogen-bond donors (Lipinski definition) is 2. The lowest BCUT2D eigenvalue weighted by atomic mass is 10.1. The fraction of sp³-hybridized carbons (Fsp3) is 0.0741.